The molecule has 0 spiro atoms. The molecular weight excluding hydrogens is 134 g/mol. The van der Waals surface area contributed by atoms with Crippen LogP contribution in [0.15, 0.2) is 0 Å². The first-order valence-electron chi connectivity index (χ1n) is 3.23. The number of aliphatic carboxylic acids is 1. The van der Waals surface area contributed by atoms with E-state index in [2.05, 4.69) is 5.32 Å². The molecule has 0 aromatic carbocycles. The number of rotatable bonds is 4. The van der Waals surface area contributed by atoms with Gasteiger partial charge in [0.15, 0.2) is 0 Å². The third-order valence-corrected chi connectivity index (χ3v) is 1.17. The summed E-state index contributed by atoms with van der Waals surface area (Å²) >= 11 is 0. The Morgan fingerprint density at radius 2 is 2.20 bits per heavy atom. The highest BCUT2D eigenvalue weighted by Gasteiger charge is 2.20. The van der Waals surface area contributed by atoms with Gasteiger partial charge in [-0.2, -0.15) is 0 Å². The minimum absolute atomic E-state index is 0.544. The van der Waals surface area contributed by atoms with Gasteiger partial charge in [-0.25, -0.2) is 0 Å². The number of carboxylic acid groups (broad SMARTS) is 1. The molecule has 0 amide bonds. The second-order valence-corrected chi connectivity index (χ2v) is 2.11. The van der Waals surface area contributed by atoms with Crippen molar-refractivity contribution in [2.24, 2.45) is 0 Å². The third kappa shape index (κ3) is 2.80. The molecule has 4 nitrogen and oxygen atoms in total. The van der Waals surface area contributed by atoms with E-state index in [1.54, 1.807) is 6.92 Å². The third-order valence-electron chi connectivity index (χ3n) is 1.17. The zero-order chi connectivity index (χ0) is 8.15. The molecule has 0 saturated heterocycles. The van der Waals surface area contributed by atoms with Crippen LogP contribution < -0.4 is 5.32 Å². The summed E-state index contributed by atoms with van der Waals surface area (Å²) in [5.41, 5.74) is 0. The van der Waals surface area contributed by atoms with Crippen LogP contribution in [0.25, 0.3) is 0 Å². The van der Waals surface area contributed by atoms with Crippen molar-refractivity contribution >= 4 is 5.97 Å². The van der Waals surface area contributed by atoms with Gasteiger partial charge in [0, 0.05) is 0 Å². The van der Waals surface area contributed by atoms with Crippen molar-refractivity contribution < 1.29 is 15.0 Å². The predicted molar refractivity (Wildman–Crippen MR) is 36.8 cm³/mol. The van der Waals surface area contributed by atoms with E-state index >= 15 is 0 Å². The highest BCUT2D eigenvalue weighted by atomic mass is 16.4. The summed E-state index contributed by atoms with van der Waals surface area (Å²) in [7, 11) is 0. The van der Waals surface area contributed by atoms with Gasteiger partial charge in [-0.3, -0.25) is 4.79 Å². The predicted octanol–water partition coefficient (Wildman–Crippen LogP) is -0.570. The molecule has 0 bridgehead atoms. The fraction of sp³-hybridized carbons (Fsp3) is 0.833. The van der Waals surface area contributed by atoms with Gasteiger partial charge >= 0.3 is 5.97 Å². The number of carboxylic acids is 1. The van der Waals surface area contributed by atoms with Crippen LogP contribution in [0, 0.1) is 0 Å². The molecule has 0 rings (SSSR count). The maximum Gasteiger partial charge on any atom is 0.323 e. The molecule has 60 valence electrons. The second kappa shape index (κ2) is 4.24. The maximum atomic E-state index is 10.3. The first-order chi connectivity index (χ1) is 4.59. The Hall–Kier alpha value is -0.610. The lowest BCUT2D eigenvalue weighted by atomic mass is 10.2. The quantitative estimate of drug-likeness (QED) is 0.498. The zero-order valence-electron chi connectivity index (χ0n) is 6.16. The number of hydrogen-bond acceptors (Lipinski definition) is 3. The Bertz CT molecular complexity index is 114. The van der Waals surface area contributed by atoms with Gasteiger partial charge in [0.1, 0.15) is 6.04 Å². The summed E-state index contributed by atoms with van der Waals surface area (Å²) in [5, 5.41) is 20.0. The molecule has 0 heterocycles. The van der Waals surface area contributed by atoms with Gasteiger partial charge in [0.25, 0.3) is 0 Å². The standard InChI is InChI=1S/C6H13NO3/c1-3-7-5(4(2)8)6(9)10/h4-5,7-8H,3H2,1-2H3,(H,9,10)/t4-,5?/m0/s1. The fourth-order valence-electron chi connectivity index (χ4n) is 0.684. The van der Waals surface area contributed by atoms with Crippen LogP contribution in [-0.4, -0.2) is 34.9 Å². The molecule has 10 heavy (non-hydrogen) atoms. The van der Waals surface area contributed by atoms with Crippen LogP contribution in [-0.2, 0) is 4.79 Å². The lowest BCUT2D eigenvalue weighted by Crippen LogP contribution is -2.44. The minimum atomic E-state index is -1.02. The summed E-state index contributed by atoms with van der Waals surface area (Å²) in [6.07, 6.45) is -0.850. The van der Waals surface area contributed by atoms with Crippen molar-refractivity contribution in [1.82, 2.24) is 5.32 Å². The maximum absolute atomic E-state index is 10.3. The van der Waals surface area contributed by atoms with Gasteiger partial charge in [-0.15, -0.1) is 0 Å². The minimum Gasteiger partial charge on any atom is -0.480 e. The van der Waals surface area contributed by atoms with E-state index in [9.17, 15) is 4.79 Å². The first kappa shape index (κ1) is 9.39. The Kier molecular flexibility index (Phi) is 3.99. The Morgan fingerprint density at radius 3 is 2.30 bits per heavy atom. The molecule has 4 heteroatoms. The molecular formula is C6H13NO3. The molecule has 0 fully saturated rings. The zero-order valence-corrected chi connectivity index (χ0v) is 6.16. The molecule has 0 aromatic rings. The van der Waals surface area contributed by atoms with Crippen LogP contribution in [0.1, 0.15) is 13.8 Å². The van der Waals surface area contributed by atoms with E-state index in [4.69, 9.17) is 10.2 Å². The summed E-state index contributed by atoms with van der Waals surface area (Å²) in [6, 6.07) is -0.843. The van der Waals surface area contributed by atoms with E-state index in [0.29, 0.717) is 6.54 Å². The van der Waals surface area contributed by atoms with Crippen molar-refractivity contribution in [1.29, 1.82) is 0 Å². The van der Waals surface area contributed by atoms with Gasteiger partial charge in [-0.1, -0.05) is 6.92 Å². The van der Waals surface area contributed by atoms with E-state index in [1.807, 2.05) is 0 Å². The van der Waals surface area contributed by atoms with E-state index in [1.165, 1.54) is 6.92 Å². The molecule has 0 aliphatic rings. The van der Waals surface area contributed by atoms with Crippen LogP contribution >= 0.6 is 0 Å². The van der Waals surface area contributed by atoms with Crippen LogP contribution in [0.3, 0.4) is 0 Å². The molecule has 0 aromatic heterocycles. The number of carbonyl (C=O) groups is 1. The van der Waals surface area contributed by atoms with Gasteiger partial charge < -0.3 is 15.5 Å². The van der Waals surface area contributed by atoms with Crippen LogP contribution in [0.5, 0.6) is 0 Å². The summed E-state index contributed by atoms with van der Waals surface area (Å²) in [5.74, 6) is -1.02. The summed E-state index contributed by atoms with van der Waals surface area (Å²) in [6.45, 7) is 3.78. The lowest BCUT2D eigenvalue weighted by Gasteiger charge is -2.14. The van der Waals surface area contributed by atoms with Crippen LogP contribution in [0.4, 0.5) is 0 Å². The number of aliphatic hydroxyl groups is 1. The average Bonchev–Trinajstić information content (AvgIpc) is 1.81. The van der Waals surface area contributed by atoms with Gasteiger partial charge in [0.05, 0.1) is 6.10 Å². The molecule has 3 N–H and O–H groups in total. The summed E-state index contributed by atoms with van der Waals surface area (Å²) in [4.78, 5) is 10.3. The normalized spacial score (nSPS) is 16.3. The number of nitrogens with one attached hydrogen (secondary N) is 1. The Labute approximate surface area is 59.9 Å². The highest BCUT2D eigenvalue weighted by Crippen LogP contribution is 1.91. The van der Waals surface area contributed by atoms with Crippen molar-refractivity contribution in [3.63, 3.8) is 0 Å². The number of hydrogen-bond donors (Lipinski definition) is 3. The lowest BCUT2D eigenvalue weighted by molar-refractivity contribution is -0.142. The largest absolute Gasteiger partial charge is 0.480 e. The van der Waals surface area contributed by atoms with E-state index in [-0.39, 0.29) is 0 Å². The van der Waals surface area contributed by atoms with E-state index < -0.39 is 18.1 Å². The molecule has 0 aliphatic carbocycles. The topological polar surface area (TPSA) is 69.6 Å². The first-order valence-corrected chi connectivity index (χ1v) is 3.23. The molecule has 1 unspecified atom stereocenters. The molecule has 0 aliphatic heterocycles. The molecule has 2 atom stereocenters. The Balaban J connectivity index is 3.85. The average molecular weight is 147 g/mol. The monoisotopic (exact) mass is 147 g/mol. The van der Waals surface area contributed by atoms with Crippen molar-refractivity contribution in [3.8, 4) is 0 Å². The fourth-order valence-corrected chi connectivity index (χ4v) is 0.684. The van der Waals surface area contributed by atoms with Crippen molar-refractivity contribution in [3.05, 3.63) is 0 Å². The Morgan fingerprint density at radius 1 is 1.70 bits per heavy atom. The number of likely N-dealkylation sites (N-methyl/N-ethyl adjacent to an activating group) is 1. The SMILES string of the molecule is CCNC(C(=O)O)[C@H](C)O. The van der Waals surface area contributed by atoms with Gasteiger partial charge in [0.2, 0.25) is 0 Å². The van der Waals surface area contributed by atoms with Crippen molar-refractivity contribution in [2.75, 3.05) is 6.54 Å². The molecule has 0 saturated carbocycles. The molecule has 0 radical (unpaired) electrons. The number of aliphatic hydroxyl groups excluding tert-OH is 1. The summed E-state index contributed by atoms with van der Waals surface area (Å²) < 4.78 is 0. The highest BCUT2D eigenvalue weighted by molar-refractivity contribution is 5.74. The van der Waals surface area contributed by atoms with Crippen LogP contribution in [0.2, 0.25) is 0 Å². The van der Waals surface area contributed by atoms with E-state index in [0.717, 1.165) is 0 Å². The van der Waals surface area contributed by atoms with Crippen molar-refractivity contribution in [2.45, 2.75) is 26.0 Å². The smallest absolute Gasteiger partial charge is 0.323 e. The second-order valence-electron chi connectivity index (χ2n) is 2.11. The van der Waals surface area contributed by atoms with Gasteiger partial charge in [-0.05, 0) is 13.5 Å².